The van der Waals surface area contributed by atoms with Gasteiger partial charge in [0.2, 0.25) is 0 Å². The van der Waals surface area contributed by atoms with Crippen molar-refractivity contribution in [1.29, 1.82) is 0 Å². The lowest BCUT2D eigenvalue weighted by molar-refractivity contribution is 1.08. The summed E-state index contributed by atoms with van der Waals surface area (Å²) in [6.07, 6.45) is 9.42. The van der Waals surface area contributed by atoms with Gasteiger partial charge in [-0.15, -0.1) is 22.7 Å². The molecule has 9 heteroatoms. The smallest absolute Gasteiger partial charge is 0.165 e. The molecule has 1 aliphatic carbocycles. The minimum atomic E-state index is 0.430. The van der Waals surface area contributed by atoms with Gasteiger partial charge in [-0.1, -0.05) is 218 Å². The van der Waals surface area contributed by atoms with Gasteiger partial charge in [-0.3, -0.25) is 4.57 Å². The Kier molecular flexibility index (Phi) is 12.6. The van der Waals surface area contributed by atoms with Gasteiger partial charge in [0, 0.05) is 102 Å². The minimum Gasteiger partial charge on any atom is -0.354 e. The third kappa shape index (κ3) is 9.04. The second-order valence-corrected chi connectivity index (χ2v) is 27.4. The van der Waals surface area contributed by atoms with E-state index in [-0.39, 0.29) is 0 Å². The summed E-state index contributed by atoms with van der Waals surface area (Å²) in [4.78, 5) is 24.0. The number of halogens is 1. The summed E-state index contributed by atoms with van der Waals surface area (Å²) in [7, 11) is 0. The number of aromatic nitrogens is 6. The summed E-state index contributed by atoms with van der Waals surface area (Å²) in [6.45, 7) is 0. The van der Waals surface area contributed by atoms with Crippen LogP contribution in [0.3, 0.4) is 0 Å². The van der Waals surface area contributed by atoms with Gasteiger partial charge < -0.3 is 4.98 Å². The van der Waals surface area contributed by atoms with Crippen LogP contribution in [0.4, 0.5) is 0 Å². The summed E-state index contributed by atoms with van der Waals surface area (Å²) in [5.74, 6) is 0.838. The van der Waals surface area contributed by atoms with Crippen LogP contribution in [0.15, 0.2) is 285 Å². The van der Waals surface area contributed by atoms with Crippen LogP contribution < -0.4 is 0 Å². The number of nitrogens with one attached hydrogen (secondary N) is 1. The van der Waals surface area contributed by atoms with E-state index in [0.717, 1.165) is 88.4 Å². The number of aromatic amines is 1. The number of fused-ring (bicyclic) bond motifs is 24. The predicted molar refractivity (Wildman–Crippen MR) is 415 cm³/mol. The summed E-state index contributed by atoms with van der Waals surface area (Å²) in [5, 5.41) is 22.5. The van der Waals surface area contributed by atoms with Crippen LogP contribution in [0.1, 0.15) is 11.1 Å². The first kappa shape index (κ1) is 55.5. The average molecular weight is 1290 g/mol. The lowest BCUT2D eigenvalue weighted by atomic mass is 9.99. The van der Waals surface area contributed by atoms with Gasteiger partial charge in [-0.25, -0.2) is 19.9 Å². The highest BCUT2D eigenvalue weighted by atomic mass is 35.5. The van der Waals surface area contributed by atoms with E-state index in [1.54, 1.807) is 0 Å². The molecule has 0 saturated heterocycles. The third-order valence-electron chi connectivity index (χ3n) is 19.4. The highest BCUT2D eigenvalue weighted by molar-refractivity contribution is 7.27. The summed E-state index contributed by atoms with van der Waals surface area (Å²) in [5.41, 5.74) is 14.3. The van der Waals surface area contributed by atoms with E-state index < -0.39 is 0 Å². The molecule has 97 heavy (non-hydrogen) atoms. The van der Waals surface area contributed by atoms with Crippen molar-refractivity contribution in [3.05, 3.63) is 307 Å². The maximum Gasteiger partial charge on any atom is 0.165 e. The lowest BCUT2D eigenvalue weighted by Gasteiger charge is -2.15. The molecule has 6 heterocycles. The summed E-state index contributed by atoms with van der Waals surface area (Å²) in [6, 6.07) is 99.0. The zero-order valence-electron chi connectivity index (χ0n) is 51.7. The summed E-state index contributed by atoms with van der Waals surface area (Å²) >= 11 is 10.3. The Morgan fingerprint density at radius 1 is 0.351 bits per heavy atom. The monoisotopic (exact) mass is 1290 g/mol. The van der Waals surface area contributed by atoms with E-state index in [1.807, 2.05) is 65.1 Å². The molecule has 1 aliphatic rings. The molecule has 1 N–H and O–H groups in total. The Bertz CT molecular complexity index is 6990. The molecule has 0 saturated carbocycles. The van der Waals surface area contributed by atoms with Gasteiger partial charge in [0.15, 0.2) is 11.0 Å². The molecule has 21 aromatic rings. The molecule has 15 aromatic carbocycles. The molecule has 450 valence electrons. The number of allylic oxidation sites excluding steroid dienone is 2. The fourth-order valence-corrected chi connectivity index (χ4v) is 17.5. The van der Waals surface area contributed by atoms with Gasteiger partial charge >= 0.3 is 0 Å². The van der Waals surface area contributed by atoms with E-state index in [1.165, 1.54) is 111 Å². The molecule has 0 bridgehead atoms. The molecular formula is C88H50ClN6S2+. The second-order valence-electron chi connectivity index (χ2n) is 24.9. The van der Waals surface area contributed by atoms with Crippen LogP contribution in [0.25, 0.3) is 200 Å². The van der Waals surface area contributed by atoms with Crippen LogP contribution in [0.5, 0.6) is 0 Å². The lowest BCUT2D eigenvalue weighted by Crippen LogP contribution is -2.04. The highest BCUT2D eigenvalue weighted by Gasteiger charge is 2.24. The van der Waals surface area contributed by atoms with Crippen molar-refractivity contribution in [2.24, 2.45) is 0 Å². The molecule has 0 atom stereocenters. The zero-order valence-corrected chi connectivity index (χ0v) is 54.1. The molecule has 0 radical (unpaired) electrons. The van der Waals surface area contributed by atoms with Crippen molar-refractivity contribution >= 4 is 206 Å². The number of hydrogen-bond donors (Lipinski definition) is 1. The van der Waals surface area contributed by atoms with Crippen LogP contribution in [0, 0.1) is 6.08 Å². The van der Waals surface area contributed by atoms with E-state index in [9.17, 15) is 0 Å². The number of thiophene rings is 2. The van der Waals surface area contributed by atoms with E-state index in [0.29, 0.717) is 5.15 Å². The maximum absolute atomic E-state index is 6.52. The zero-order chi connectivity index (χ0) is 63.8. The first-order valence-corrected chi connectivity index (χ1v) is 34.4. The second kappa shape index (κ2) is 22.0. The molecule has 0 aliphatic heterocycles. The molecule has 6 aromatic heterocycles. The molecule has 0 fully saturated rings. The Labute approximate surface area is 567 Å². The normalized spacial score (nSPS) is 12.2. The van der Waals surface area contributed by atoms with Crippen molar-refractivity contribution in [2.75, 3.05) is 0 Å². The van der Waals surface area contributed by atoms with Crippen molar-refractivity contribution in [2.45, 2.75) is 0 Å². The SMILES string of the molecule is Clc1nc2c(ccc3ccccc32)nc1-c1ccc2ccccc2c1.[C+]1=Cc2ccc3c(sc4cc5c(cc43)[nH]c3ccccc35)c2C=C1.c1ccc2cc(-c3nc4ccc5ccccc5c4nc3-n3c4ccccc4c4cc5sc6c7ccccc7ccc6c5cc43)ccc2c1. The Morgan fingerprint density at radius 2 is 0.876 bits per heavy atom. The van der Waals surface area contributed by atoms with Crippen LogP contribution in [0.2, 0.25) is 5.15 Å². The van der Waals surface area contributed by atoms with Crippen molar-refractivity contribution in [3.63, 3.8) is 0 Å². The topological polar surface area (TPSA) is 72.3 Å². The Hall–Kier alpha value is -12.0. The first-order chi connectivity index (χ1) is 48.0. The average Bonchev–Trinajstić information content (AvgIpc) is 1.49. The van der Waals surface area contributed by atoms with Crippen molar-refractivity contribution in [1.82, 2.24) is 29.5 Å². The number of nitrogens with zero attached hydrogens (tertiary/aromatic N) is 5. The van der Waals surface area contributed by atoms with E-state index >= 15 is 0 Å². The van der Waals surface area contributed by atoms with Gasteiger partial charge in [-0.05, 0) is 110 Å². The van der Waals surface area contributed by atoms with Crippen LogP contribution in [-0.2, 0) is 0 Å². The van der Waals surface area contributed by atoms with Crippen molar-refractivity contribution < 1.29 is 0 Å². The number of benzene rings is 15. The van der Waals surface area contributed by atoms with E-state index in [2.05, 4.69) is 275 Å². The predicted octanol–water partition coefficient (Wildman–Crippen LogP) is 25.0. The first-order valence-electron chi connectivity index (χ1n) is 32.4. The third-order valence-corrected chi connectivity index (χ3v) is 22.1. The highest BCUT2D eigenvalue weighted by Crippen LogP contribution is 2.46. The van der Waals surface area contributed by atoms with E-state index in [4.69, 9.17) is 26.6 Å². The van der Waals surface area contributed by atoms with Gasteiger partial charge in [0.05, 0.1) is 49.4 Å². The fraction of sp³-hybridized carbons (Fsp3) is 0. The quantitative estimate of drug-likeness (QED) is 0.141. The number of hydrogen-bond acceptors (Lipinski definition) is 6. The fourth-order valence-electron chi connectivity index (χ4n) is 14.7. The maximum atomic E-state index is 6.52. The summed E-state index contributed by atoms with van der Waals surface area (Å²) < 4.78 is 7.70. The van der Waals surface area contributed by atoms with Gasteiger partial charge in [-0.2, -0.15) is 0 Å². The van der Waals surface area contributed by atoms with Crippen LogP contribution >= 0.6 is 34.3 Å². The van der Waals surface area contributed by atoms with Crippen LogP contribution in [-0.4, -0.2) is 29.5 Å². The number of para-hydroxylation sites is 2. The molecule has 0 spiro atoms. The number of H-pyrrole nitrogens is 1. The molecule has 6 nitrogen and oxygen atoms in total. The molecule has 0 amide bonds. The molecule has 0 unspecified atom stereocenters. The number of rotatable bonds is 3. The molecular weight excluding hydrogens is 1240 g/mol. The molecule has 22 rings (SSSR count). The minimum absolute atomic E-state index is 0.430. The Morgan fingerprint density at radius 3 is 1.60 bits per heavy atom. The largest absolute Gasteiger partial charge is 0.354 e. The Balaban J connectivity index is 0.000000110. The van der Waals surface area contributed by atoms with Gasteiger partial charge in [0.25, 0.3) is 0 Å². The standard InChI is InChI=1S/C44H25N3S.C22H13ClN2.C22H12NS/c1-2-12-29-23-30(18-17-26(29)9-1)41-44(46-42-31-13-5-3-10-27(31)20-22-37(42)45-41)47-38-16-8-7-15-33(38)35-25-40-36(24-39(35)47)34-21-19-28-11-4-6-14-32(28)43(34)48-40;23-22-20(17-10-9-14-5-1-2-7-16(14)13-17)24-19-12-11-15-6-3-4-8-18(15)21(19)25-22;1-2-6-14-13(5-1)9-10-16-18-11-20-17(12-21(18)24-22(14)16)15-7-3-4-8-19(15)23-20/h1-25H;1-13H;2-12,23H/q;;+1. The van der Waals surface area contributed by atoms with Gasteiger partial charge in [0.1, 0.15) is 29.1 Å². The van der Waals surface area contributed by atoms with Crippen molar-refractivity contribution in [3.8, 4) is 28.3 Å².